The number of carbonyl (C=O) groups excluding carboxylic acids is 3. The van der Waals surface area contributed by atoms with E-state index in [0.29, 0.717) is 23.8 Å². The van der Waals surface area contributed by atoms with Crippen LogP contribution in [0.15, 0.2) is 71.2 Å². The number of amidine groups is 1. The van der Waals surface area contributed by atoms with Gasteiger partial charge in [0.15, 0.2) is 0 Å². The average Bonchev–Trinajstić information content (AvgIpc) is 3.25. The van der Waals surface area contributed by atoms with E-state index in [1.807, 2.05) is 24.3 Å². The van der Waals surface area contributed by atoms with Crippen molar-refractivity contribution < 1.29 is 14.4 Å². The molecule has 0 radical (unpaired) electrons. The Kier molecular flexibility index (Phi) is 8.48. The van der Waals surface area contributed by atoms with Gasteiger partial charge in [0.25, 0.3) is 0 Å². The average molecular weight is 480 g/mol. The summed E-state index contributed by atoms with van der Waals surface area (Å²) in [5, 5.41) is 11.0. The van der Waals surface area contributed by atoms with E-state index in [1.165, 1.54) is 11.8 Å². The van der Waals surface area contributed by atoms with E-state index in [9.17, 15) is 14.4 Å². The van der Waals surface area contributed by atoms with Gasteiger partial charge in [-0.3, -0.25) is 19.9 Å². The molecule has 0 unspecified atom stereocenters. The number of carbonyl (C=O) groups is 3. The van der Waals surface area contributed by atoms with E-state index in [4.69, 9.17) is 0 Å². The van der Waals surface area contributed by atoms with Crippen LogP contribution in [0.5, 0.6) is 0 Å². The zero-order valence-electron chi connectivity index (χ0n) is 19.5. The van der Waals surface area contributed by atoms with Gasteiger partial charge in [0.2, 0.25) is 11.8 Å². The molecule has 0 saturated heterocycles. The van der Waals surface area contributed by atoms with E-state index in [-0.39, 0.29) is 34.8 Å². The third-order valence-corrected chi connectivity index (χ3v) is 5.82. The normalized spacial score (nSPS) is 12.9. The van der Waals surface area contributed by atoms with Crippen molar-refractivity contribution in [3.05, 3.63) is 66.2 Å². The minimum Gasteiger partial charge on any atom is -0.325 e. The molecule has 0 atom stereocenters. The first-order chi connectivity index (χ1) is 16.2. The molecule has 9 heteroatoms. The van der Waals surface area contributed by atoms with Crippen molar-refractivity contribution in [1.29, 1.82) is 0 Å². The highest BCUT2D eigenvalue weighted by atomic mass is 32.2. The molecular weight excluding hydrogens is 450 g/mol. The summed E-state index contributed by atoms with van der Waals surface area (Å²) in [6, 6.07) is 15.6. The maximum Gasteiger partial charge on any atom is 0.324 e. The van der Waals surface area contributed by atoms with Crippen molar-refractivity contribution >= 4 is 52.5 Å². The fourth-order valence-corrected chi connectivity index (χ4v) is 3.64. The van der Waals surface area contributed by atoms with Crippen LogP contribution in [0, 0.1) is 5.41 Å². The lowest BCUT2D eigenvalue weighted by molar-refractivity contribution is -0.114. The lowest BCUT2D eigenvalue weighted by Gasteiger charge is -2.18. The summed E-state index contributed by atoms with van der Waals surface area (Å²) in [7, 11) is 0. The zero-order valence-corrected chi connectivity index (χ0v) is 20.3. The molecule has 34 heavy (non-hydrogen) atoms. The number of hydrogen-bond donors (Lipinski definition) is 4. The highest BCUT2D eigenvalue weighted by Crippen LogP contribution is 2.27. The van der Waals surface area contributed by atoms with Crippen LogP contribution in [-0.2, 0) is 9.59 Å². The summed E-state index contributed by atoms with van der Waals surface area (Å²) in [4.78, 5) is 40.7. The SMILES string of the molecule is CC(C)(C)C1=CC(NC(=O)Nc2ccc(NC(=O)CSCC(=O)Nc3ccccc3)cc2)=NC1. The predicted octanol–water partition coefficient (Wildman–Crippen LogP) is 4.50. The van der Waals surface area contributed by atoms with Gasteiger partial charge < -0.3 is 16.0 Å². The summed E-state index contributed by atoms with van der Waals surface area (Å²) in [5.74, 6) is 0.499. The van der Waals surface area contributed by atoms with Gasteiger partial charge in [-0.25, -0.2) is 4.79 Å². The summed E-state index contributed by atoms with van der Waals surface area (Å²) >= 11 is 1.23. The molecule has 0 saturated carbocycles. The van der Waals surface area contributed by atoms with Crippen LogP contribution in [0.3, 0.4) is 0 Å². The number of para-hydroxylation sites is 1. The van der Waals surface area contributed by atoms with E-state index >= 15 is 0 Å². The second kappa shape index (κ2) is 11.5. The molecule has 1 aliphatic rings. The molecule has 3 rings (SSSR count). The highest BCUT2D eigenvalue weighted by Gasteiger charge is 2.21. The first-order valence-electron chi connectivity index (χ1n) is 10.8. The van der Waals surface area contributed by atoms with Crippen LogP contribution in [0.2, 0.25) is 0 Å². The number of thioether (sulfide) groups is 1. The lowest BCUT2D eigenvalue weighted by Crippen LogP contribution is -2.32. The molecule has 0 spiro atoms. The van der Waals surface area contributed by atoms with Crippen molar-refractivity contribution in [3.8, 4) is 0 Å². The predicted molar refractivity (Wildman–Crippen MR) is 139 cm³/mol. The topological polar surface area (TPSA) is 112 Å². The largest absolute Gasteiger partial charge is 0.325 e. The van der Waals surface area contributed by atoms with Gasteiger partial charge in [-0.2, -0.15) is 0 Å². The Morgan fingerprint density at radius 1 is 0.794 bits per heavy atom. The molecule has 1 aliphatic heterocycles. The molecule has 4 N–H and O–H groups in total. The van der Waals surface area contributed by atoms with Crippen molar-refractivity contribution in [2.75, 3.05) is 34.0 Å². The Hall–Kier alpha value is -3.59. The number of rotatable bonds is 7. The number of urea groups is 1. The molecule has 1 heterocycles. The summed E-state index contributed by atoms with van der Waals surface area (Å²) < 4.78 is 0. The van der Waals surface area contributed by atoms with Gasteiger partial charge in [0.1, 0.15) is 5.84 Å². The fraction of sp³-hybridized carbons (Fsp3) is 0.280. The van der Waals surface area contributed by atoms with Gasteiger partial charge in [-0.05, 0) is 53.5 Å². The summed E-state index contributed by atoms with van der Waals surface area (Å²) in [6.45, 7) is 6.92. The maximum atomic E-state index is 12.2. The van der Waals surface area contributed by atoms with Crippen LogP contribution < -0.4 is 21.3 Å². The minimum absolute atomic E-state index is 0.0107. The van der Waals surface area contributed by atoms with E-state index in [1.54, 1.807) is 36.4 Å². The molecule has 8 nitrogen and oxygen atoms in total. The van der Waals surface area contributed by atoms with Crippen LogP contribution in [0.1, 0.15) is 20.8 Å². The monoisotopic (exact) mass is 479 g/mol. The number of aliphatic imine (C=N–C) groups is 1. The molecule has 0 bridgehead atoms. The molecular formula is C25H29N5O3S. The number of nitrogens with zero attached hydrogens (tertiary/aromatic N) is 1. The smallest absolute Gasteiger partial charge is 0.324 e. The first-order valence-corrected chi connectivity index (χ1v) is 12.0. The van der Waals surface area contributed by atoms with Crippen molar-refractivity contribution in [2.24, 2.45) is 10.4 Å². The maximum absolute atomic E-state index is 12.2. The van der Waals surface area contributed by atoms with Gasteiger partial charge in [-0.1, -0.05) is 39.0 Å². The van der Waals surface area contributed by atoms with Gasteiger partial charge >= 0.3 is 6.03 Å². The Balaban J connectivity index is 1.38. The Bertz CT molecular complexity index is 1090. The van der Waals surface area contributed by atoms with Gasteiger partial charge in [0.05, 0.1) is 18.1 Å². The second-order valence-electron chi connectivity index (χ2n) is 8.73. The third-order valence-electron chi connectivity index (χ3n) is 4.89. The Labute approximate surface area is 203 Å². The van der Waals surface area contributed by atoms with E-state index in [2.05, 4.69) is 47.0 Å². The van der Waals surface area contributed by atoms with E-state index < -0.39 is 0 Å². The molecule has 2 aromatic rings. The molecule has 0 aromatic heterocycles. The summed E-state index contributed by atoms with van der Waals surface area (Å²) in [5.41, 5.74) is 3.08. The number of amides is 4. The third kappa shape index (κ3) is 8.08. The van der Waals surface area contributed by atoms with Crippen LogP contribution >= 0.6 is 11.8 Å². The Morgan fingerprint density at radius 2 is 1.32 bits per heavy atom. The number of benzene rings is 2. The lowest BCUT2D eigenvalue weighted by atomic mass is 9.87. The summed E-state index contributed by atoms with van der Waals surface area (Å²) in [6.07, 6.45) is 1.90. The second-order valence-corrected chi connectivity index (χ2v) is 9.72. The standard InChI is InChI=1S/C25H29N5O3S/c1-25(2,3)17-13-21(26-14-17)30-24(33)29-20-11-9-19(10-12-20)28-23(32)16-34-15-22(31)27-18-7-5-4-6-8-18/h4-13H,14-16H2,1-3H3,(H,27,31)(H,28,32)(H2,26,29,30,33). The molecule has 4 amide bonds. The first kappa shape index (κ1) is 25.0. The minimum atomic E-state index is -0.382. The molecule has 178 valence electrons. The van der Waals surface area contributed by atoms with Crippen molar-refractivity contribution in [2.45, 2.75) is 20.8 Å². The molecule has 2 aromatic carbocycles. The van der Waals surface area contributed by atoms with Crippen molar-refractivity contribution in [3.63, 3.8) is 0 Å². The van der Waals surface area contributed by atoms with Crippen LogP contribution in [-0.4, -0.2) is 41.7 Å². The number of anilines is 3. The molecule has 0 aliphatic carbocycles. The zero-order chi connectivity index (χ0) is 24.6. The van der Waals surface area contributed by atoms with Gasteiger partial charge in [0, 0.05) is 17.1 Å². The van der Waals surface area contributed by atoms with Gasteiger partial charge in [-0.15, -0.1) is 11.8 Å². The van der Waals surface area contributed by atoms with Crippen molar-refractivity contribution in [1.82, 2.24) is 5.32 Å². The van der Waals surface area contributed by atoms with E-state index in [0.717, 1.165) is 11.3 Å². The van der Waals surface area contributed by atoms with Crippen LogP contribution in [0.25, 0.3) is 0 Å². The molecule has 0 fully saturated rings. The number of hydrogen-bond acceptors (Lipinski definition) is 5. The van der Waals surface area contributed by atoms with Crippen LogP contribution in [0.4, 0.5) is 21.9 Å². The highest BCUT2D eigenvalue weighted by molar-refractivity contribution is 8.00. The quantitative estimate of drug-likeness (QED) is 0.468. The fourth-order valence-electron chi connectivity index (χ4n) is 3.02. The number of nitrogens with one attached hydrogen (secondary N) is 4. The Morgan fingerprint density at radius 3 is 1.85 bits per heavy atom.